The lowest BCUT2D eigenvalue weighted by atomic mass is 10.0. The van der Waals surface area contributed by atoms with Crippen molar-refractivity contribution in [1.82, 2.24) is 9.80 Å². The molecular formula is C14H24F2N2O2. The van der Waals surface area contributed by atoms with Gasteiger partial charge in [-0.1, -0.05) is 0 Å². The van der Waals surface area contributed by atoms with Crippen LogP contribution >= 0.6 is 0 Å². The highest BCUT2D eigenvalue weighted by atomic mass is 19.3. The number of nitrogens with zero attached hydrogens (tertiary/aromatic N) is 2. The molecule has 2 aliphatic rings. The minimum atomic E-state index is -2.92. The summed E-state index contributed by atoms with van der Waals surface area (Å²) in [7, 11) is 0. The topological polar surface area (TPSA) is 32.8 Å². The molecule has 1 amide bonds. The molecule has 2 heterocycles. The van der Waals surface area contributed by atoms with E-state index < -0.39 is 18.3 Å². The van der Waals surface area contributed by atoms with E-state index in [1.54, 1.807) is 4.90 Å². The number of likely N-dealkylation sites (tertiary alicyclic amines) is 1. The van der Waals surface area contributed by atoms with Gasteiger partial charge in [0, 0.05) is 32.2 Å². The molecule has 4 nitrogen and oxygen atoms in total. The highest BCUT2D eigenvalue weighted by molar-refractivity contribution is 5.77. The van der Waals surface area contributed by atoms with E-state index >= 15 is 0 Å². The number of ether oxygens (including phenoxy) is 1. The van der Waals surface area contributed by atoms with E-state index in [4.69, 9.17) is 4.74 Å². The molecule has 0 unspecified atom stereocenters. The summed E-state index contributed by atoms with van der Waals surface area (Å²) in [6, 6.07) is 0.0803. The molecule has 0 radical (unpaired) electrons. The first-order chi connectivity index (χ1) is 9.46. The van der Waals surface area contributed by atoms with Crippen LogP contribution in [0.15, 0.2) is 0 Å². The van der Waals surface area contributed by atoms with Crippen molar-refractivity contribution >= 4 is 5.91 Å². The molecular weight excluding hydrogens is 266 g/mol. The van der Waals surface area contributed by atoms with Crippen molar-refractivity contribution in [3.63, 3.8) is 0 Å². The van der Waals surface area contributed by atoms with Crippen LogP contribution in [-0.4, -0.2) is 67.1 Å². The first-order valence-electron chi connectivity index (χ1n) is 7.43. The smallest absolute Gasteiger partial charge is 0.254 e. The van der Waals surface area contributed by atoms with Crippen molar-refractivity contribution in [2.45, 2.75) is 44.6 Å². The summed E-state index contributed by atoms with van der Waals surface area (Å²) in [6.07, 6.45) is 2.23. The monoisotopic (exact) mass is 290 g/mol. The molecule has 2 rings (SSSR count). The average molecular weight is 290 g/mol. The van der Waals surface area contributed by atoms with Crippen LogP contribution in [0.3, 0.4) is 0 Å². The largest absolute Gasteiger partial charge is 0.379 e. The summed E-state index contributed by atoms with van der Waals surface area (Å²) in [5.41, 5.74) is 0. The zero-order chi connectivity index (χ0) is 14.6. The quantitative estimate of drug-likeness (QED) is 0.791. The van der Waals surface area contributed by atoms with Gasteiger partial charge in [0.15, 0.2) is 0 Å². The van der Waals surface area contributed by atoms with Crippen LogP contribution < -0.4 is 0 Å². The Balaban J connectivity index is 1.92. The number of hydrogen-bond acceptors (Lipinski definition) is 3. The normalized spacial score (nSPS) is 25.8. The Morgan fingerprint density at radius 2 is 1.95 bits per heavy atom. The minimum Gasteiger partial charge on any atom is -0.379 e. The zero-order valence-electron chi connectivity index (χ0n) is 12.1. The maximum absolute atomic E-state index is 13.0. The molecule has 0 spiro atoms. The summed E-state index contributed by atoms with van der Waals surface area (Å²) in [5, 5.41) is 0. The van der Waals surface area contributed by atoms with Crippen molar-refractivity contribution in [2.24, 2.45) is 0 Å². The first kappa shape index (κ1) is 15.6. The van der Waals surface area contributed by atoms with Gasteiger partial charge in [0.2, 0.25) is 5.91 Å². The maximum Gasteiger partial charge on any atom is 0.254 e. The Morgan fingerprint density at radius 1 is 1.25 bits per heavy atom. The number of carbonyl (C=O) groups is 1. The van der Waals surface area contributed by atoms with Gasteiger partial charge in [-0.25, -0.2) is 8.78 Å². The Kier molecular flexibility index (Phi) is 5.32. The molecule has 2 saturated heterocycles. The van der Waals surface area contributed by atoms with Gasteiger partial charge in [-0.3, -0.25) is 9.69 Å². The lowest BCUT2D eigenvalue weighted by molar-refractivity contribution is -0.142. The molecule has 0 aromatic rings. The Bertz CT molecular complexity index is 328. The third kappa shape index (κ3) is 4.66. The number of amides is 1. The standard InChI is InChI=1S/C14H24F2N2O2/c1-14(15,16)10-13(19)18-5-3-2-4-12(18)11-17-6-8-20-9-7-17/h12H,2-11H2,1H3/t12-/m1/s1. The molecule has 0 aromatic carbocycles. The number of halogens is 2. The van der Waals surface area contributed by atoms with Gasteiger partial charge >= 0.3 is 0 Å². The van der Waals surface area contributed by atoms with E-state index in [9.17, 15) is 13.6 Å². The molecule has 2 aliphatic heterocycles. The lowest BCUT2D eigenvalue weighted by Gasteiger charge is -2.40. The summed E-state index contributed by atoms with van der Waals surface area (Å²) < 4.78 is 31.4. The van der Waals surface area contributed by atoms with Gasteiger partial charge in [0.25, 0.3) is 5.92 Å². The minimum absolute atomic E-state index is 0.0803. The zero-order valence-corrected chi connectivity index (χ0v) is 12.1. The van der Waals surface area contributed by atoms with Gasteiger partial charge in [-0.15, -0.1) is 0 Å². The summed E-state index contributed by atoms with van der Waals surface area (Å²) >= 11 is 0. The van der Waals surface area contributed by atoms with Crippen LogP contribution in [0.4, 0.5) is 8.78 Å². The second-order valence-corrected chi connectivity index (χ2v) is 5.90. The van der Waals surface area contributed by atoms with Gasteiger partial charge in [-0.05, 0) is 26.2 Å². The number of hydrogen-bond donors (Lipinski definition) is 0. The predicted molar refractivity (Wildman–Crippen MR) is 71.8 cm³/mol. The fraction of sp³-hybridized carbons (Fsp3) is 0.929. The van der Waals surface area contributed by atoms with E-state index in [1.165, 1.54) is 0 Å². The number of rotatable bonds is 4. The van der Waals surface area contributed by atoms with E-state index in [1.807, 2.05) is 0 Å². The summed E-state index contributed by atoms with van der Waals surface area (Å²) in [6.45, 7) is 5.37. The molecule has 0 aliphatic carbocycles. The molecule has 0 aromatic heterocycles. The van der Waals surface area contributed by atoms with Gasteiger partial charge in [-0.2, -0.15) is 0 Å². The van der Waals surface area contributed by atoms with Crippen molar-refractivity contribution < 1.29 is 18.3 Å². The van der Waals surface area contributed by atoms with Crippen LogP contribution in [0.1, 0.15) is 32.6 Å². The SMILES string of the molecule is CC(F)(F)CC(=O)N1CCCC[C@@H]1CN1CCOCC1. The fourth-order valence-electron chi connectivity index (χ4n) is 2.97. The van der Waals surface area contributed by atoms with Crippen molar-refractivity contribution in [2.75, 3.05) is 39.4 Å². The summed E-state index contributed by atoms with van der Waals surface area (Å²) in [5.74, 6) is -3.33. The number of alkyl halides is 2. The Labute approximate surface area is 119 Å². The van der Waals surface area contributed by atoms with Crippen LogP contribution in [0.2, 0.25) is 0 Å². The molecule has 20 heavy (non-hydrogen) atoms. The second-order valence-electron chi connectivity index (χ2n) is 5.90. The first-order valence-corrected chi connectivity index (χ1v) is 7.43. The van der Waals surface area contributed by atoms with E-state index in [2.05, 4.69) is 4.90 Å². The molecule has 2 fully saturated rings. The lowest BCUT2D eigenvalue weighted by Crippen LogP contribution is -2.52. The molecule has 0 saturated carbocycles. The summed E-state index contributed by atoms with van der Waals surface area (Å²) in [4.78, 5) is 16.0. The van der Waals surface area contributed by atoms with Crippen LogP contribution in [-0.2, 0) is 9.53 Å². The average Bonchev–Trinajstić information content (AvgIpc) is 2.38. The van der Waals surface area contributed by atoms with Crippen molar-refractivity contribution in [3.05, 3.63) is 0 Å². The highest BCUT2D eigenvalue weighted by Gasteiger charge is 2.33. The van der Waals surface area contributed by atoms with Crippen LogP contribution in [0, 0.1) is 0 Å². The Hall–Kier alpha value is -0.750. The number of carbonyl (C=O) groups excluding carboxylic acids is 1. The molecule has 6 heteroatoms. The third-order valence-corrected chi connectivity index (χ3v) is 3.98. The maximum atomic E-state index is 13.0. The fourth-order valence-corrected chi connectivity index (χ4v) is 2.97. The van der Waals surface area contributed by atoms with Crippen molar-refractivity contribution in [3.8, 4) is 0 Å². The molecule has 1 atom stereocenters. The highest BCUT2D eigenvalue weighted by Crippen LogP contribution is 2.24. The van der Waals surface area contributed by atoms with Gasteiger partial charge < -0.3 is 9.64 Å². The van der Waals surface area contributed by atoms with E-state index in [-0.39, 0.29) is 6.04 Å². The van der Waals surface area contributed by atoms with E-state index in [0.717, 1.165) is 45.8 Å². The molecule has 0 N–H and O–H groups in total. The molecule has 116 valence electrons. The van der Waals surface area contributed by atoms with Crippen molar-refractivity contribution in [1.29, 1.82) is 0 Å². The number of morpholine rings is 1. The molecule has 0 bridgehead atoms. The second kappa shape index (κ2) is 6.80. The van der Waals surface area contributed by atoms with E-state index in [0.29, 0.717) is 19.8 Å². The number of piperidine rings is 1. The van der Waals surface area contributed by atoms with Gasteiger partial charge in [0.05, 0.1) is 19.6 Å². The van der Waals surface area contributed by atoms with Gasteiger partial charge in [0.1, 0.15) is 0 Å². The van der Waals surface area contributed by atoms with Crippen LogP contribution in [0.5, 0.6) is 0 Å². The third-order valence-electron chi connectivity index (χ3n) is 3.98. The predicted octanol–water partition coefficient (Wildman–Crippen LogP) is 1.75. The van der Waals surface area contributed by atoms with Crippen LogP contribution in [0.25, 0.3) is 0 Å². The Morgan fingerprint density at radius 3 is 2.60 bits per heavy atom.